The fourth-order valence-electron chi connectivity index (χ4n) is 1.86. The molecule has 0 amide bonds. The van der Waals surface area contributed by atoms with Crippen LogP contribution in [-0.2, 0) is 15.1 Å². The number of methoxy groups -OCH3 is 1. The summed E-state index contributed by atoms with van der Waals surface area (Å²) in [6.07, 6.45) is 0.389. The number of nitrogens with zero attached hydrogens (tertiary/aromatic N) is 1. The second-order valence-electron chi connectivity index (χ2n) is 4.13. The highest BCUT2D eigenvalue weighted by Crippen LogP contribution is 2.30. The van der Waals surface area contributed by atoms with Gasteiger partial charge in [0.1, 0.15) is 0 Å². The molecule has 0 bridgehead atoms. The van der Waals surface area contributed by atoms with Crippen LogP contribution in [0.5, 0.6) is 0 Å². The summed E-state index contributed by atoms with van der Waals surface area (Å²) in [5.74, 6) is -0.958. The van der Waals surface area contributed by atoms with Gasteiger partial charge in [-0.2, -0.15) is 0 Å². The molecule has 0 heterocycles. The Morgan fingerprint density at radius 1 is 1.35 bits per heavy atom. The van der Waals surface area contributed by atoms with Crippen molar-refractivity contribution >= 4 is 11.7 Å². The van der Waals surface area contributed by atoms with Crippen molar-refractivity contribution in [2.45, 2.75) is 18.9 Å². The lowest BCUT2D eigenvalue weighted by molar-refractivity contribution is -0.164. The van der Waals surface area contributed by atoms with E-state index in [2.05, 4.69) is 0 Å². The van der Waals surface area contributed by atoms with Crippen molar-refractivity contribution in [3.8, 4) is 0 Å². The van der Waals surface area contributed by atoms with Crippen LogP contribution in [0, 0.1) is 0 Å². The Bertz CT molecular complexity index is 380. The molecule has 0 radical (unpaired) electrons. The molecule has 4 heteroatoms. The molecule has 0 fully saturated rings. The smallest absolute Gasteiger partial charge is 0.340 e. The highest BCUT2D eigenvalue weighted by atomic mass is 16.5. The van der Waals surface area contributed by atoms with Gasteiger partial charge in [-0.05, 0) is 24.1 Å². The molecule has 0 aliphatic rings. The molecule has 0 saturated heterocycles. The lowest BCUT2D eigenvalue weighted by atomic mass is 9.91. The normalized spacial score (nSPS) is 14.1. The maximum atomic E-state index is 11.4. The summed E-state index contributed by atoms with van der Waals surface area (Å²) in [4.78, 5) is 13.3. The van der Waals surface area contributed by atoms with Crippen molar-refractivity contribution in [2.75, 3.05) is 26.1 Å². The van der Waals surface area contributed by atoms with Gasteiger partial charge in [0, 0.05) is 26.9 Å². The van der Waals surface area contributed by atoms with E-state index in [0.717, 1.165) is 5.69 Å². The molecule has 1 aromatic carbocycles. The molecule has 1 atom stereocenters. The molecule has 1 aromatic rings. The minimum absolute atomic E-state index is 0.389. The highest BCUT2D eigenvalue weighted by molar-refractivity contribution is 5.79. The summed E-state index contributed by atoms with van der Waals surface area (Å²) in [5, 5.41) is 9.32. The summed E-state index contributed by atoms with van der Waals surface area (Å²) >= 11 is 0. The maximum absolute atomic E-state index is 11.4. The summed E-state index contributed by atoms with van der Waals surface area (Å²) in [5.41, 5.74) is 0.450. The molecule has 1 unspecified atom stereocenters. The monoisotopic (exact) mass is 237 g/mol. The molecule has 0 saturated carbocycles. The van der Waals surface area contributed by atoms with Crippen LogP contribution in [0.1, 0.15) is 18.9 Å². The van der Waals surface area contributed by atoms with E-state index in [-0.39, 0.29) is 0 Å². The fourth-order valence-corrected chi connectivity index (χ4v) is 1.86. The van der Waals surface area contributed by atoms with Crippen molar-refractivity contribution in [1.82, 2.24) is 0 Å². The zero-order valence-electron chi connectivity index (χ0n) is 10.7. The first-order chi connectivity index (χ1) is 7.97. The van der Waals surface area contributed by atoms with Crippen molar-refractivity contribution in [3.63, 3.8) is 0 Å². The molecule has 1 N–H and O–H groups in total. The van der Waals surface area contributed by atoms with E-state index >= 15 is 0 Å². The van der Waals surface area contributed by atoms with Crippen LogP contribution in [0.25, 0.3) is 0 Å². The topological polar surface area (TPSA) is 49.8 Å². The third-order valence-electron chi connectivity index (χ3n) is 3.04. The number of carboxylic acid groups (broad SMARTS) is 1. The Morgan fingerprint density at radius 2 is 1.88 bits per heavy atom. The molecule has 94 valence electrons. The van der Waals surface area contributed by atoms with Crippen molar-refractivity contribution < 1.29 is 14.6 Å². The number of carboxylic acids is 1. The highest BCUT2D eigenvalue weighted by Gasteiger charge is 2.38. The van der Waals surface area contributed by atoms with Gasteiger partial charge in [-0.15, -0.1) is 0 Å². The first-order valence-corrected chi connectivity index (χ1v) is 5.54. The van der Waals surface area contributed by atoms with Crippen LogP contribution in [-0.4, -0.2) is 32.3 Å². The van der Waals surface area contributed by atoms with Gasteiger partial charge in [0.2, 0.25) is 0 Å². The van der Waals surface area contributed by atoms with Gasteiger partial charge in [-0.25, -0.2) is 4.79 Å². The van der Waals surface area contributed by atoms with Crippen LogP contribution in [0.15, 0.2) is 24.3 Å². The van der Waals surface area contributed by atoms with E-state index in [4.69, 9.17) is 4.74 Å². The largest absolute Gasteiger partial charge is 0.479 e. The third kappa shape index (κ3) is 2.42. The maximum Gasteiger partial charge on any atom is 0.340 e. The van der Waals surface area contributed by atoms with Crippen LogP contribution >= 0.6 is 0 Å². The average Bonchev–Trinajstić information content (AvgIpc) is 2.31. The number of rotatable bonds is 5. The number of carbonyl (C=O) groups is 1. The number of hydrogen-bond acceptors (Lipinski definition) is 3. The SMILES string of the molecule is CCC(OC)(C(=O)O)c1ccc(N(C)C)cc1. The summed E-state index contributed by atoms with van der Waals surface area (Å²) in [6, 6.07) is 7.39. The lowest BCUT2D eigenvalue weighted by Crippen LogP contribution is -2.37. The first-order valence-electron chi connectivity index (χ1n) is 5.54. The molecule has 1 rings (SSSR count). The number of anilines is 1. The zero-order valence-corrected chi connectivity index (χ0v) is 10.7. The Labute approximate surface area is 102 Å². The van der Waals surface area contributed by atoms with Crippen LogP contribution in [0.4, 0.5) is 5.69 Å². The number of ether oxygens (including phenoxy) is 1. The molecule has 4 nitrogen and oxygen atoms in total. The molecular formula is C13H19NO3. The van der Waals surface area contributed by atoms with Crippen LogP contribution < -0.4 is 4.90 Å². The minimum Gasteiger partial charge on any atom is -0.479 e. The van der Waals surface area contributed by atoms with E-state index in [1.807, 2.05) is 31.1 Å². The molecule has 0 aliphatic heterocycles. The Hall–Kier alpha value is -1.55. The average molecular weight is 237 g/mol. The van der Waals surface area contributed by atoms with Gasteiger partial charge >= 0.3 is 5.97 Å². The Kier molecular flexibility index (Phi) is 4.12. The Morgan fingerprint density at radius 3 is 2.18 bits per heavy atom. The molecule has 0 aliphatic carbocycles. The summed E-state index contributed by atoms with van der Waals surface area (Å²) in [7, 11) is 5.31. The quantitative estimate of drug-likeness (QED) is 0.852. The second-order valence-corrected chi connectivity index (χ2v) is 4.13. The van der Waals surface area contributed by atoms with E-state index in [9.17, 15) is 9.90 Å². The number of hydrogen-bond donors (Lipinski definition) is 1. The van der Waals surface area contributed by atoms with E-state index in [1.165, 1.54) is 7.11 Å². The van der Waals surface area contributed by atoms with Gasteiger partial charge in [0.25, 0.3) is 0 Å². The third-order valence-corrected chi connectivity index (χ3v) is 3.04. The van der Waals surface area contributed by atoms with Crippen molar-refractivity contribution in [3.05, 3.63) is 29.8 Å². The van der Waals surface area contributed by atoms with E-state index in [0.29, 0.717) is 12.0 Å². The predicted octanol–water partition coefficient (Wildman–Crippen LogP) is 2.09. The molecule has 17 heavy (non-hydrogen) atoms. The van der Waals surface area contributed by atoms with E-state index < -0.39 is 11.6 Å². The Balaban J connectivity index is 3.16. The summed E-state index contributed by atoms with van der Waals surface area (Å²) < 4.78 is 5.22. The fraction of sp³-hybridized carbons (Fsp3) is 0.462. The predicted molar refractivity (Wildman–Crippen MR) is 67.4 cm³/mol. The standard InChI is InChI=1S/C13H19NO3/c1-5-13(17-4,12(15)16)10-6-8-11(9-7-10)14(2)3/h6-9H,5H2,1-4H3,(H,15,16). The number of benzene rings is 1. The molecular weight excluding hydrogens is 218 g/mol. The van der Waals surface area contributed by atoms with Gasteiger partial charge in [0.15, 0.2) is 5.60 Å². The first kappa shape index (κ1) is 13.5. The molecule has 0 aromatic heterocycles. The minimum atomic E-state index is -1.25. The number of aliphatic carboxylic acids is 1. The van der Waals surface area contributed by atoms with Gasteiger partial charge in [-0.3, -0.25) is 0 Å². The van der Waals surface area contributed by atoms with Crippen molar-refractivity contribution in [2.24, 2.45) is 0 Å². The zero-order chi connectivity index (χ0) is 13.1. The van der Waals surface area contributed by atoms with E-state index in [1.54, 1.807) is 19.1 Å². The lowest BCUT2D eigenvalue weighted by Gasteiger charge is -2.27. The van der Waals surface area contributed by atoms with Crippen LogP contribution in [0.3, 0.4) is 0 Å². The summed E-state index contributed by atoms with van der Waals surface area (Å²) in [6.45, 7) is 1.80. The van der Waals surface area contributed by atoms with Crippen LogP contribution in [0.2, 0.25) is 0 Å². The van der Waals surface area contributed by atoms with Crippen molar-refractivity contribution in [1.29, 1.82) is 0 Å². The second kappa shape index (κ2) is 5.19. The molecule has 0 spiro atoms. The van der Waals surface area contributed by atoms with Gasteiger partial charge in [-0.1, -0.05) is 19.1 Å². The van der Waals surface area contributed by atoms with Gasteiger partial charge in [0.05, 0.1) is 0 Å². The van der Waals surface area contributed by atoms with Gasteiger partial charge < -0.3 is 14.7 Å².